The maximum Gasteiger partial charge on any atom is 0.191 e. The van der Waals surface area contributed by atoms with Crippen molar-refractivity contribution in [3.05, 3.63) is 53.2 Å². The number of nitrogens with zero attached hydrogens (tertiary/aromatic N) is 3. The van der Waals surface area contributed by atoms with Crippen LogP contribution in [0.25, 0.3) is 0 Å². The molecule has 7 nitrogen and oxygen atoms in total. The van der Waals surface area contributed by atoms with Crippen LogP contribution in [-0.2, 0) is 17.8 Å². The zero-order valence-corrected chi connectivity index (χ0v) is 21.7. The molecule has 0 aliphatic carbocycles. The number of anilines is 1. The van der Waals surface area contributed by atoms with E-state index in [2.05, 4.69) is 62.8 Å². The number of aliphatic imine (C=N–C) groups is 1. The molecule has 176 valence electrons. The molecule has 1 saturated heterocycles. The van der Waals surface area contributed by atoms with Crippen LogP contribution in [0.5, 0.6) is 5.75 Å². The van der Waals surface area contributed by atoms with Crippen molar-refractivity contribution < 1.29 is 9.47 Å². The van der Waals surface area contributed by atoms with E-state index >= 15 is 0 Å². The molecule has 1 aromatic heterocycles. The number of nitrogens with one attached hydrogen (secondary N) is 2. The van der Waals surface area contributed by atoms with Gasteiger partial charge in [0.05, 0.1) is 6.61 Å². The van der Waals surface area contributed by atoms with E-state index < -0.39 is 0 Å². The Labute approximate surface area is 209 Å². The zero-order valence-electron chi connectivity index (χ0n) is 19.4. The average Bonchev–Trinajstić information content (AvgIpc) is 2.81. The van der Waals surface area contributed by atoms with Gasteiger partial charge in [0.2, 0.25) is 0 Å². The summed E-state index contributed by atoms with van der Waals surface area (Å²) in [5.74, 6) is 2.69. The van der Waals surface area contributed by atoms with Crippen LogP contribution in [0, 0.1) is 6.92 Å². The molecule has 0 radical (unpaired) electrons. The molecule has 2 heterocycles. The standard InChI is InChI=1S/C24H35N5O2.HI/c1-19-7-8-21(22(15-19)31-14-13-30-3)18-28-24(25-2)27-17-20-9-10-26-23(16-20)29-11-5-4-6-12-29;/h7-10,15-16H,4-6,11-14,17-18H2,1-3H3,(H2,25,27,28);1H. The second-order valence-corrected chi connectivity index (χ2v) is 7.80. The lowest BCUT2D eigenvalue weighted by atomic mass is 10.1. The molecule has 3 rings (SSSR count). The molecular weight excluding hydrogens is 517 g/mol. The van der Waals surface area contributed by atoms with Gasteiger partial charge in [0.25, 0.3) is 0 Å². The third-order valence-corrected chi connectivity index (χ3v) is 5.39. The number of piperidine rings is 1. The Balaban J connectivity index is 0.00000363. The van der Waals surface area contributed by atoms with Gasteiger partial charge in [-0.05, 0) is 55.5 Å². The number of ether oxygens (including phenoxy) is 2. The average molecular weight is 553 g/mol. The molecule has 2 N–H and O–H groups in total. The number of hydrogen-bond donors (Lipinski definition) is 2. The van der Waals surface area contributed by atoms with Crippen LogP contribution >= 0.6 is 24.0 Å². The van der Waals surface area contributed by atoms with Gasteiger partial charge in [0.1, 0.15) is 18.2 Å². The number of rotatable bonds is 9. The van der Waals surface area contributed by atoms with E-state index in [1.807, 2.05) is 6.20 Å². The minimum absolute atomic E-state index is 0. The highest BCUT2D eigenvalue weighted by molar-refractivity contribution is 14.0. The molecule has 1 aliphatic rings. The van der Waals surface area contributed by atoms with E-state index in [-0.39, 0.29) is 24.0 Å². The van der Waals surface area contributed by atoms with Crippen molar-refractivity contribution in [1.82, 2.24) is 15.6 Å². The monoisotopic (exact) mass is 553 g/mol. The third-order valence-electron chi connectivity index (χ3n) is 5.39. The van der Waals surface area contributed by atoms with E-state index in [1.165, 1.54) is 30.4 Å². The quantitative estimate of drug-likeness (QED) is 0.213. The van der Waals surface area contributed by atoms with Gasteiger partial charge in [-0.2, -0.15) is 0 Å². The number of benzene rings is 1. The molecule has 1 aliphatic heterocycles. The number of hydrogen-bond acceptors (Lipinski definition) is 5. The Morgan fingerprint density at radius 3 is 2.59 bits per heavy atom. The van der Waals surface area contributed by atoms with Crippen LogP contribution in [0.15, 0.2) is 41.5 Å². The fourth-order valence-electron chi connectivity index (χ4n) is 3.63. The van der Waals surface area contributed by atoms with E-state index in [9.17, 15) is 0 Å². The lowest BCUT2D eigenvalue weighted by Crippen LogP contribution is -2.36. The summed E-state index contributed by atoms with van der Waals surface area (Å²) in [6.07, 6.45) is 5.71. The van der Waals surface area contributed by atoms with Crippen LogP contribution in [0.3, 0.4) is 0 Å². The van der Waals surface area contributed by atoms with Crippen molar-refractivity contribution in [3.8, 4) is 5.75 Å². The smallest absolute Gasteiger partial charge is 0.191 e. The predicted molar refractivity (Wildman–Crippen MR) is 141 cm³/mol. The number of methoxy groups -OCH3 is 1. The van der Waals surface area contributed by atoms with E-state index in [0.717, 1.165) is 36.2 Å². The molecule has 0 bridgehead atoms. The van der Waals surface area contributed by atoms with Gasteiger partial charge in [-0.15, -0.1) is 24.0 Å². The molecule has 0 atom stereocenters. The van der Waals surface area contributed by atoms with E-state index in [4.69, 9.17) is 9.47 Å². The number of halogens is 1. The summed E-state index contributed by atoms with van der Waals surface area (Å²) in [6.45, 7) is 6.66. The van der Waals surface area contributed by atoms with Gasteiger partial charge in [0, 0.05) is 52.1 Å². The lowest BCUT2D eigenvalue weighted by molar-refractivity contribution is 0.145. The zero-order chi connectivity index (χ0) is 21.9. The van der Waals surface area contributed by atoms with Crippen LogP contribution in [-0.4, -0.2) is 51.4 Å². The highest BCUT2D eigenvalue weighted by atomic mass is 127. The molecule has 1 aromatic carbocycles. The molecule has 0 saturated carbocycles. The fraction of sp³-hybridized carbons (Fsp3) is 0.500. The van der Waals surface area contributed by atoms with Gasteiger partial charge >= 0.3 is 0 Å². The molecule has 1 fully saturated rings. The normalized spacial score (nSPS) is 14.0. The lowest BCUT2D eigenvalue weighted by Gasteiger charge is -2.28. The first-order valence-electron chi connectivity index (χ1n) is 11.1. The summed E-state index contributed by atoms with van der Waals surface area (Å²) < 4.78 is 11.0. The van der Waals surface area contributed by atoms with Crippen LogP contribution in [0.4, 0.5) is 5.82 Å². The summed E-state index contributed by atoms with van der Waals surface area (Å²) in [6, 6.07) is 10.5. The highest BCUT2D eigenvalue weighted by Gasteiger charge is 2.12. The van der Waals surface area contributed by atoms with Crippen LogP contribution in [0.2, 0.25) is 0 Å². The molecule has 0 unspecified atom stereocenters. The SMILES string of the molecule is CN=C(NCc1ccnc(N2CCCCC2)c1)NCc1ccc(C)cc1OCCOC.I. The minimum atomic E-state index is 0. The summed E-state index contributed by atoms with van der Waals surface area (Å²) in [7, 11) is 3.46. The Morgan fingerprint density at radius 1 is 1.06 bits per heavy atom. The first-order chi connectivity index (χ1) is 15.2. The molecule has 2 aromatic rings. The second-order valence-electron chi connectivity index (χ2n) is 7.80. The van der Waals surface area contributed by atoms with Crippen molar-refractivity contribution in [2.45, 2.75) is 39.3 Å². The van der Waals surface area contributed by atoms with Gasteiger partial charge in [0.15, 0.2) is 5.96 Å². The minimum Gasteiger partial charge on any atom is -0.491 e. The Morgan fingerprint density at radius 2 is 1.84 bits per heavy atom. The van der Waals surface area contributed by atoms with Crippen molar-refractivity contribution in [1.29, 1.82) is 0 Å². The summed E-state index contributed by atoms with van der Waals surface area (Å²) in [5.41, 5.74) is 3.44. The van der Waals surface area contributed by atoms with Gasteiger partial charge in [-0.3, -0.25) is 4.99 Å². The predicted octanol–water partition coefficient (Wildman–Crippen LogP) is 3.89. The maximum absolute atomic E-state index is 5.89. The molecule has 32 heavy (non-hydrogen) atoms. The Bertz CT molecular complexity index is 856. The summed E-state index contributed by atoms with van der Waals surface area (Å²) in [4.78, 5) is 11.3. The fourth-order valence-corrected chi connectivity index (χ4v) is 3.63. The van der Waals surface area contributed by atoms with Crippen LogP contribution < -0.4 is 20.3 Å². The Kier molecular flexibility index (Phi) is 11.6. The van der Waals surface area contributed by atoms with E-state index in [0.29, 0.717) is 26.3 Å². The summed E-state index contributed by atoms with van der Waals surface area (Å²) in [5, 5.41) is 6.79. The first kappa shape index (κ1) is 26.2. The second kappa shape index (κ2) is 14.2. The number of guanidine groups is 1. The molecule has 0 amide bonds. The number of aromatic nitrogens is 1. The van der Waals surface area contributed by atoms with Crippen molar-refractivity contribution in [2.75, 3.05) is 45.4 Å². The number of pyridine rings is 1. The van der Waals surface area contributed by atoms with Crippen molar-refractivity contribution >= 4 is 35.8 Å². The molecular formula is C24H36IN5O2. The van der Waals surface area contributed by atoms with Crippen molar-refractivity contribution in [3.63, 3.8) is 0 Å². The topological polar surface area (TPSA) is 71.0 Å². The highest BCUT2D eigenvalue weighted by Crippen LogP contribution is 2.20. The maximum atomic E-state index is 5.89. The largest absolute Gasteiger partial charge is 0.491 e. The molecule has 0 spiro atoms. The third kappa shape index (κ3) is 8.12. The van der Waals surface area contributed by atoms with Gasteiger partial charge in [-0.1, -0.05) is 12.1 Å². The van der Waals surface area contributed by atoms with Gasteiger partial charge in [-0.25, -0.2) is 4.98 Å². The molecule has 8 heteroatoms. The van der Waals surface area contributed by atoms with Crippen LogP contribution in [0.1, 0.15) is 36.0 Å². The van der Waals surface area contributed by atoms with Crippen molar-refractivity contribution in [2.24, 2.45) is 4.99 Å². The summed E-state index contributed by atoms with van der Waals surface area (Å²) >= 11 is 0. The number of aryl methyl sites for hydroxylation is 1. The van der Waals surface area contributed by atoms with Gasteiger partial charge < -0.3 is 25.0 Å². The Hall–Kier alpha value is -2.07. The first-order valence-corrected chi connectivity index (χ1v) is 11.1. The van der Waals surface area contributed by atoms with E-state index in [1.54, 1.807) is 14.2 Å².